The molecule has 0 saturated heterocycles. The van der Waals surface area contributed by atoms with Crippen LogP contribution in [0.4, 0.5) is 13.2 Å². The van der Waals surface area contributed by atoms with E-state index in [0.717, 1.165) is 4.47 Å². The van der Waals surface area contributed by atoms with Gasteiger partial charge in [0.05, 0.1) is 6.54 Å². The summed E-state index contributed by atoms with van der Waals surface area (Å²) < 4.78 is 40.0. The highest BCUT2D eigenvalue weighted by Gasteiger charge is 2.41. The molecule has 1 aromatic carbocycles. The molecule has 1 aromatic heterocycles. The second-order valence-electron chi connectivity index (χ2n) is 3.87. The van der Waals surface area contributed by atoms with Crippen LogP contribution in [0.3, 0.4) is 0 Å². The van der Waals surface area contributed by atoms with E-state index in [-0.39, 0.29) is 6.54 Å². The van der Waals surface area contributed by atoms with Gasteiger partial charge in [0.25, 0.3) is 0 Å². The molecule has 9 heteroatoms. The summed E-state index contributed by atoms with van der Waals surface area (Å²) in [6, 6.07) is 6.54. The number of hydrogen-bond acceptors (Lipinski definition) is 3. The summed E-state index contributed by atoms with van der Waals surface area (Å²) in [6.07, 6.45) is -4.84. The molecular weight excluding hydrogens is 343 g/mol. The Kier molecular flexibility index (Phi) is 3.80. The maximum Gasteiger partial charge on any atom is 0.435 e. The van der Waals surface area contributed by atoms with Gasteiger partial charge in [-0.15, -0.1) is 5.10 Å². The maximum absolute atomic E-state index is 12.9. The molecule has 0 aliphatic rings. The molecule has 1 heterocycles. The summed E-state index contributed by atoms with van der Waals surface area (Å²) in [5.41, 5.74) is -1.93. The Hall–Kier alpha value is -1.90. The molecule has 0 fully saturated rings. The van der Waals surface area contributed by atoms with Crippen LogP contribution in [0.25, 0.3) is 0 Å². The monoisotopic (exact) mass is 349 g/mol. The fourth-order valence-corrected chi connectivity index (χ4v) is 1.88. The van der Waals surface area contributed by atoms with Gasteiger partial charge in [-0.1, -0.05) is 33.3 Å². The molecule has 0 spiro atoms. The van der Waals surface area contributed by atoms with Crippen LogP contribution in [0.5, 0.6) is 0 Å². The molecule has 0 unspecified atom stereocenters. The Morgan fingerprint density at radius 1 is 1.30 bits per heavy atom. The summed E-state index contributed by atoms with van der Waals surface area (Å²) in [5.74, 6) is -1.76. The van der Waals surface area contributed by atoms with E-state index in [2.05, 4.69) is 26.2 Å². The van der Waals surface area contributed by atoms with Crippen molar-refractivity contribution in [2.75, 3.05) is 0 Å². The van der Waals surface area contributed by atoms with Gasteiger partial charge in [-0.05, 0) is 17.7 Å². The number of carbonyl (C=O) groups is 1. The van der Waals surface area contributed by atoms with Crippen molar-refractivity contribution >= 4 is 21.9 Å². The summed E-state index contributed by atoms with van der Waals surface area (Å²) >= 11 is 3.21. The van der Waals surface area contributed by atoms with Gasteiger partial charge in [0.15, 0.2) is 5.69 Å². The van der Waals surface area contributed by atoms with Crippen LogP contribution in [0, 0.1) is 0 Å². The minimum atomic E-state index is -4.84. The molecule has 0 amide bonds. The quantitative estimate of drug-likeness (QED) is 0.925. The summed E-state index contributed by atoms with van der Waals surface area (Å²) in [7, 11) is 0. The summed E-state index contributed by atoms with van der Waals surface area (Å²) in [4.78, 5) is 10.8. The Labute approximate surface area is 119 Å². The molecule has 2 rings (SSSR count). The van der Waals surface area contributed by atoms with Crippen molar-refractivity contribution in [2.24, 2.45) is 0 Å². The van der Waals surface area contributed by atoms with Crippen LogP contribution < -0.4 is 0 Å². The van der Waals surface area contributed by atoms with Crippen LogP contribution in [0.15, 0.2) is 28.7 Å². The van der Waals surface area contributed by atoms with Gasteiger partial charge in [0.1, 0.15) is 0 Å². The number of halogens is 4. The largest absolute Gasteiger partial charge is 0.476 e. The van der Waals surface area contributed by atoms with Gasteiger partial charge >= 0.3 is 12.1 Å². The Morgan fingerprint density at radius 2 is 1.90 bits per heavy atom. The number of aromatic carboxylic acids is 1. The third kappa shape index (κ3) is 2.98. The smallest absolute Gasteiger partial charge is 0.435 e. The lowest BCUT2D eigenvalue weighted by Crippen LogP contribution is -2.18. The van der Waals surface area contributed by atoms with E-state index in [9.17, 15) is 18.0 Å². The Bertz CT molecular complexity index is 637. The predicted octanol–water partition coefficient (Wildman–Crippen LogP) is 2.81. The van der Waals surface area contributed by atoms with Gasteiger partial charge in [0, 0.05) is 4.47 Å². The van der Waals surface area contributed by atoms with Gasteiger partial charge in [0.2, 0.25) is 5.69 Å². The van der Waals surface area contributed by atoms with Gasteiger partial charge in [-0.3, -0.25) is 0 Å². The molecule has 0 aliphatic heterocycles. The third-order valence-corrected chi connectivity index (χ3v) is 2.98. The molecule has 0 atom stereocenters. The van der Waals surface area contributed by atoms with Crippen LogP contribution >= 0.6 is 15.9 Å². The standard InChI is InChI=1S/C11H7BrF3N3O2/c12-7-3-1-6(2-4-7)5-18-9(11(13,14)15)8(10(19)20)16-17-18/h1-4H,5H2,(H,19,20). The molecule has 106 valence electrons. The van der Waals surface area contributed by atoms with Gasteiger partial charge < -0.3 is 5.11 Å². The van der Waals surface area contributed by atoms with Gasteiger partial charge in [-0.2, -0.15) is 13.2 Å². The number of carboxylic acids is 1. The van der Waals surface area contributed by atoms with Crippen LogP contribution in [-0.4, -0.2) is 26.1 Å². The third-order valence-electron chi connectivity index (χ3n) is 2.45. The fraction of sp³-hybridized carbons (Fsp3) is 0.182. The average molecular weight is 350 g/mol. The second kappa shape index (κ2) is 5.23. The highest BCUT2D eigenvalue weighted by Crippen LogP contribution is 2.31. The topological polar surface area (TPSA) is 68.0 Å². The zero-order valence-corrected chi connectivity index (χ0v) is 11.3. The molecule has 0 aliphatic carbocycles. The fourth-order valence-electron chi connectivity index (χ4n) is 1.61. The molecular formula is C11H7BrF3N3O2. The molecule has 2 aromatic rings. The molecule has 5 nitrogen and oxygen atoms in total. The SMILES string of the molecule is O=C(O)c1nnn(Cc2ccc(Br)cc2)c1C(F)(F)F. The van der Waals surface area contributed by atoms with Crippen molar-refractivity contribution in [3.05, 3.63) is 45.7 Å². The highest BCUT2D eigenvalue weighted by atomic mass is 79.9. The lowest BCUT2D eigenvalue weighted by molar-refractivity contribution is -0.144. The summed E-state index contributed by atoms with van der Waals surface area (Å²) in [6.45, 7) is -0.220. The van der Waals surface area contributed by atoms with E-state index in [1.165, 1.54) is 0 Å². The first-order valence-corrected chi connectivity index (χ1v) is 6.07. The number of aromatic nitrogens is 3. The molecule has 0 radical (unpaired) electrons. The Morgan fingerprint density at radius 3 is 2.40 bits per heavy atom. The van der Waals surface area contributed by atoms with E-state index in [1.807, 2.05) is 0 Å². The first kappa shape index (κ1) is 14.5. The van der Waals surface area contributed by atoms with Crippen LogP contribution in [0.1, 0.15) is 21.7 Å². The first-order valence-electron chi connectivity index (χ1n) is 5.27. The average Bonchev–Trinajstić information content (AvgIpc) is 2.76. The van der Waals surface area contributed by atoms with Gasteiger partial charge in [-0.25, -0.2) is 9.48 Å². The predicted molar refractivity (Wildman–Crippen MR) is 65.2 cm³/mol. The molecule has 0 bridgehead atoms. The zero-order valence-electron chi connectivity index (χ0n) is 9.73. The highest BCUT2D eigenvalue weighted by molar-refractivity contribution is 9.10. The summed E-state index contributed by atoms with van der Waals surface area (Å²) in [5, 5.41) is 15.1. The molecule has 1 N–H and O–H groups in total. The van der Waals surface area contributed by atoms with Crippen LogP contribution in [0.2, 0.25) is 0 Å². The van der Waals surface area contributed by atoms with E-state index >= 15 is 0 Å². The number of alkyl halides is 3. The lowest BCUT2D eigenvalue weighted by atomic mass is 10.2. The Balaban J connectivity index is 2.42. The van der Waals surface area contributed by atoms with E-state index < -0.39 is 23.5 Å². The number of nitrogens with zero attached hydrogens (tertiary/aromatic N) is 3. The van der Waals surface area contributed by atoms with E-state index in [4.69, 9.17) is 5.11 Å². The van der Waals surface area contributed by atoms with Crippen molar-refractivity contribution in [1.82, 2.24) is 15.0 Å². The van der Waals surface area contributed by atoms with Crippen molar-refractivity contribution in [2.45, 2.75) is 12.7 Å². The lowest BCUT2D eigenvalue weighted by Gasteiger charge is -2.10. The second-order valence-corrected chi connectivity index (χ2v) is 4.79. The first-order chi connectivity index (χ1) is 9.29. The van der Waals surface area contributed by atoms with E-state index in [1.54, 1.807) is 24.3 Å². The minimum absolute atomic E-state index is 0.220. The van der Waals surface area contributed by atoms with Crippen LogP contribution in [-0.2, 0) is 12.7 Å². The van der Waals surface area contributed by atoms with Crippen molar-refractivity contribution in [3.63, 3.8) is 0 Å². The number of hydrogen-bond donors (Lipinski definition) is 1. The zero-order chi connectivity index (χ0) is 14.9. The normalized spacial score (nSPS) is 11.6. The van der Waals surface area contributed by atoms with Crippen molar-refractivity contribution < 1.29 is 23.1 Å². The minimum Gasteiger partial charge on any atom is -0.476 e. The van der Waals surface area contributed by atoms with Crippen molar-refractivity contribution in [3.8, 4) is 0 Å². The molecule has 0 saturated carbocycles. The number of carboxylic acid groups (broad SMARTS) is 1. The molecule has 20 heavy (non-hydrogen) atoms. The van der Waals surface area contributed by atoms with Crippen molar-refractivity contribution in [1.29, 1.82) is 0 Å². The number of rotatable bonds is 3. The van der Waals surface area contributed by atoms with E-state index in [0.29, 0.717) is 10.2 Å². The number of benzene rings is 1. The maximum atomic E-state index is 12.9.